The highest BCUT2D eigenvalue weighted by Gasteiger charge is 2.05. The van der Waals surface area contributed by atoms with Crippen molar-refractivity contribution in [1.82, 2.24) is 9.55 Å². The molecule has 2 rings (SSSR count). The van der Waals surface area contributed by atoms with Gasteiger partial charge in [0.05, 0.1) is 6.54 Å². The predicted octanol–water partition coefficient (Wildman–Crippen LogP) is 2.55. The Morgan fingerprint density at radius 1 is 1.44 bits per heavy atom. The Morgan fingerprint density at radius 3 is 2.83 bits per heavy atom. The van der Waals surface area contributed by atoms with Gasteiger partial charge in [0.1, 0.15) is 0 Å². The van der Waals surface area contributed by atoms with Crippen LogP contribution in [0.4, 0.5) is 5.82 Å². The second kappa shape index (κ2) is 5.35. The maximum Gasteiger partial charge on any atom is 0.293 e. The highest BCUT2D eigenvalue weighted by atomic mass is 32.1. The van der Waals surface area contributed by atoms with Crippen molar-refractivity contribution in [3.63, 3.8) is 0 Å². The lowest BCUT2D eigenvalue weighted by Gasteiger charge is -2.06. The maximum atomic E-state index is 11.9. The summed E-state index contributed by atoms with van der Waals surface area (Å²) in [5, 5.41) is 3.11. The molecule has 2 heterocycles. The van der Waals surface area contributed by atoms with Crippen molar-refractivity contribution in [3.05, 3.63) is 44.1 Å². The fourth-order valence-electron chi connectivity index (χ4n) is 1.73. The van der Waals surface area contributed by atoms with Gasteiger partial charge in [-0.05, 0) is 32.4 Å². The molecule has 0 fully saturated rings. The van der Waals surface area contributed by atoms with Gasteiger partial charge in [-0.25, -0.2) is 4.98 Å². The standard InChI is InChI=1S/C13H17N3OS/c1-4-16-6-5-14-12(13(16)17)15-8-11-7-9(2)10(3)18-11/h5-7H,4,8H2,1-3H3,(H,14,15). The third-order valence-electron chi connectivity index (χ3n) is 2.90. The summed E-state index contributed by atoms with van der Waals surface area (Å²) in [6.07, 6.45) is 3.35. The van der Waals surface area contributed by atoms with Gasteiger partial charge in [-0.2, -0.15) is 0 Å². The molecule has 0 aliphatic carbocycles. The smallest absolute Gasteiger partial charge is 0.293 e. The quantitative estimate of drug-likeness (QED) is 0.922. The molecule has 96 valence electrons. The number of rotatable bonds is 4. The second-order valence-corrected chi connectivity index (χ2v) is 5.51. The molecule has 0 aliphatic heterocycles. The molecule has 0 atom stereocenters. The van der Waals surface area contributed by atoms with Crippen LogP contribution in [0.25, 0.3) is 0 Å². The average Bonchev–Trinajstić information content (AvgIpc) is 2.67. The zero-order valence-corrected chi connectivity index (χ0v) is 11.7. The van der Waals surface area contributed by atoms with Crippen LogP contribution in [0, 0.1) is 13.8 Å². The van der Waals surface area contributed by atoms with E-state index in [0.29, 0.717) is 18.9 Å². The van der Waals surface area contributed by atoms with Gasteiger partial charge < -0.3 is 9.88 Å². The van der Waals surface area contributed by atoms with Crippen LogP contribution in [-0.2, 0) is 13.1 Å². The molecule has 0 saturated heterocycles. The van der Waals surface area contributed by atoms with Gasteiger partial charge in [0, 0.05) is 28.7 Å². The molecule has 2 aromatic heterocycles. The van der Waals surface area contributed by atoms with Gasteiger partial charge >= 0.3 is 0 Å². The first-order valence-corrected chi connectivity index (χ1v) is 6.78. The highest BCUT2D eigenvalue weighted by Crippen LogP contribution is 2.20. The van der Waals surface area contributed by atoms with Crippen molar-refractivity contribution in [2.45, 2.75) is 33.9 Å². The number of aromatic nitrogens is 2. The zero-order chi connectivity index (χ0) is 13.1. The number of nitrogens with zero attached hydrogens (tertiary/aromatic N) is 2. The largest absolute Gasteiger partial charge is 0.361 e. The van der Waals surface area contributed by atoms with Crippen LogP contribution in [0.15, 0.2) is 23.3 Å². The molecule has 0 bridgehead atoms. The van der Waals surface area contributed by atoms with E-state index >= 15 is 0 Å². The minimum Gasteiger partial charge on any atom is -0.361 e. The molecule has 18 heavy (non-hydrogen) atoms. The first-order valence-electron chi connectivity index (χ1n) is 5.97. The lowest BCUT2D eigenvalue weighted by atomic mass is 10.3. The number of hydrogen-bond donors (Lipinski definition) is 1. The van der Waals surface area contributed by atoms with E-state index in [2.05, 4.69) is 30.2 Å². The van der Waals surface area contributed by atoms with Crippen molar-refractivity contribution >= 4 is 17.2 Å². The Morgan fingerprint density at radius 2 is 2.22 bits per heavy atom. The molecule has 0 aromatic carbocycles. The van der Waals surface area contributed by atoms with E-state index in [4.69, 9.17) is 0 Å². The van der Waals surface area contributed by atoms with E-state index in [1.165, 1.54) is 15.3 Å². The Hall–Kier alpha value is -1.62. The normalized spacial score (nSPS) is 10.6. The summed E-state index contributed by atoms with van der Waals surface area (Å²) < 4.78 is 1.64. The topological polar surface area (TPSA) is 46.9 Å². The van der Waals surface area contributed by atoms with Crippen LogP contribution in [-0.4, -0.2) is 9.55 Å². The minimum atomic E-state index is -0.0648. The first kappa shape index (κ1) is 12.8. The monoisotopic (exact) mass is 263 g/mol. The van der Waals surface area contributed by atoms with Crippen LogP contribution in [0.2, 0.25) is 0 Å². The molecular weight excluding hydrogens is 246 g/mol. The van der Waals surface area contributed by atoms with E-state index < -0.39 is 0 Å². The molecule has 5 heteroatoms. The van der Waals surface area contributed by atoms with E-state index in [-0.39, 0.29) is 5.56 Å². The van der Waals surface area contributed by atoms with E-state index in [0.717, 1.165) is 0 Å². The third-order valence-corrected chi connectivity index (χ3v) is 4.05. The van der Waals surface area contributed by atoms with Gasteiger partial charge in [-0.15, -0.1) is 11.3 Å². The number of thiophene rings is 1. The molecule has 0 unspecified atom stereocenters. The first-order chi connectivity index (χ1) is 8.61. The lowest BCUT2D eigenvalue weighted by molar-refractivity contribution is 0.718. The lowest BCUT2D eigenvalue weighted by Crippen LogP contribution is -2.23. The van der Waals surface area contributed by atoms with Gasteiger partial charge in [-0.3, -0.25) is 4.79 Å². The van der Waals surface area contributed by atoms with Gasteiger partial charge in [0.2, 0.25) is 0 Å². The summed E-state index contributed by atoms with van der Waals surface area (Å²) in [6, 6.07) is 2.15. The van der Waals surface area contributed by atoms with E-state index in [9.17, 15) is 4.79 Å². The van der Waals surface area contributed by atoms with Crippen LogP contribution < -0.4 is 10.9 Å². The van der Waals surface area contributed by atoms with E-state index in [1.54, 1.807) is 28.3 Å². The predicted molar refractivity (Wildman–Crippen MR) is 75.3 cm³/mol. The minimum absolute atomic E-state index is 0.0648. The van der Waals surface area contributed by atoms with Crippen molar-refractivity contribution in [2.24, 2.45) is 0 Å². The summed E-state index contributed by atoms with van der Waals surface area (Å²) in [5.74, 6) is 0.419. The number of anilines is 1. The molecule has 4 nitrogen and oxygen atoms in total. The zero-order valence-electron chi connectivity index (χ0n) is 10.9. The van der Waals surface area contributed by atoms with Gasteiger partial charge in [0.15, 0.2) is 5.82 Å². The van der Waals surface area contributed by atoms with Gasteiger partial charge in [-0.1, -0.05) is 0 Å². The van der Waals surface area contributed by atoms with Crippen molar-refractivity contribution in [2.75, 3.05) is 5.32 Å². The van der Waals surface area contributed by atoms with Crippen LogP contribution >= 0.6 is 11.3 Å². The number of aryl methyl sites for hydroxylation is 3. The molecule has 1 N–H and O–H groups in total. The average molecular weight is 263 g/mol. The summed E-state index contributed by atoms with van der Waals surface area (Å²) in [4.78, 5) is 18.6. The summed E-state index contributed by atoms with van der Waals surface area (Å²) in [5.41, 5.74) is 1.23. The molecule has 0 amide bonds. The van der Waals surface area contributed by atoms with Crippen LogP contribution in [0.5, 0.6) is 0 Å². The maximum absolute atomic E-state index is 11.9. The molecule has 0 saturated carbocycles. The molecule has 0 spiro atoms. The number of hydrogen-bond acceptors (Lipinski definition) is 4. The summed E-state index contributed by atoms with van der Waals surface area (Å²) in [7, 11) is 0. The number of nitrogens with one attached hydrogen (secondary N) is 1. The third kappa shape index (κ3) is 2.61. The fraction of sp³-hybridized carbons (Fsp3) is 0.385. The molecule has 0 aliphatic rings. The van der Waals surface area contributed by atoms with Crippen molar-refractivity contribution < 1.29 is 0 Å². The van der Waals surface area contributed by atoms with Crippen LogP contribution in [0.1, 0.15) is 22.2 Å². The Balaban J connectivity index is 2.13. The Kier molecular flexibility index (Phi) is 3.81. The van der Waals surface area contributed by atoms with E-state index in [1.807, 2.05) is 6.92 Å². The van der Waals surface area contributed by atoms with Crippen molar-refractivity contribution in [3.8, 4) is 0 Å². The van der Waals surface area contributed by atoms with Crippen molar-refractivity contribution in [1.29, 1.82) is 0 Å². The molecular formula is C13H17N3OS. The van der Waals surface area contributed by atoms with Crippen LogP contribution in [0.3, 0.4) is 0 Å². The second-order valence-electron chi connectivity index (χ2n) is 4.17. The summed E-state index contributed by atoms with van der Waals surface area (Å²) in [6.45, 7) is 7.45. The SMILES string of the molecule is CCn1ccnc(NCc2cc(C)c(C)s2)c1=O. The Labute approximate surface area is 110 Å². The fourth-order valence-corrected chi connectivity index (χ4v) is 2.72. The Bertz CT molecular complexity index is 581. The summed E-state index contributed by atoms with van der Waals surface area (Å²) >= 11 is 1.75. The van der Waals surface area contributed by atoms with Gasteiger partial charge in [0.25, 0.3) is 5.56 Å². The molecule has 0 radical (unpaired) electrons. The highest BCUT2D eigenvalue weighted by molar-refractivity contribution is 7.12. The molecule has 2 aromatic rings.